The van der Waals surface area contributed by atoms with Crippen molar-refractivity contribution < 1.29 is 18.7 Å². The zero-order valence-electron chi connectivity index (χ0n) is 9.90. The predicted octanol–water partition coefficient (Wildman–Crippen LogP) is 2.74. The fraction of sp³-hybridized carbons (Fsp3) is 0.385. The molecular formula is C13H15FO3. The van der Waals surface area contributed by atoms with Crippen LogP contribution in [0.1, 0.15) is 37.0 Å². The van der Waals surface area contributed by atoms with Crippen LogP contribution < -0.4 is 0 Å². The molecule has 92 valence electrons. The quantitative estimate of drug-likeness (QED) is 0.585. The highest BCUT2D eigenvalue weighted by Crippen LogP contribution is 2.10. The second kappa shape index (κ2) is 6.13. The molecule has 0 bridgehead atoms. The molecule has 4 heteroatoms. The van der Waals surface area contributed by atoms with Crippen molar-refractivity contribution in [3.63, 3.8) is 0 Å². The lowest BCUT2D eigenvalue weighted by Gasteiger charge is -2.10. The predicted molar refractivity (Wildman–Crippen MR) is 61.2 cm³/mol. The minimum absolute atomic E-state index is 0.0796. The van der Waals surface area contributed by atoms with Crippen molar-refractivity contribution in [2.75, 3.05) is 0 Å². The number of carbonyl (C=O) groups is 2. The highest BCUT2D eigenvalue weighted by molar-refractivity contribution is 5.95. The Labute approximate surface area is 99.6 Å². The monoisotopic (exact) mass is 238 g/mol. The van der Waals surface area contributed by atoms with Gasteiger partial charge in [0.2, 0.25) is 0 Å². The number of Topliss-reactive ketones (excluding diaryl/α,β-unsaturated/α-hetero) is 1. The molecule has 1 aromatic carbocycles. The fourth-order valence-corrected chi connectivity index (χ4v) is 1.46. The number of benzene rings is 1. The molecule has 0 aliphatic rings. The van der Waals surface area contributed by atoms with Crippen molar-refractivity contribution in [1.82, 2.24) is 0 Å². The molecule has 0 spiro atoms. The van der Waals surface area contributed by atoms with E-state index in [2.05, 4.69) is 0 Å². The van der Waals surface area contributed by atoms with Gasteiger partial charge in [0.25, 0.3) is 0 Å². The summed E-state index contributed by atoms with van der Waals surface area (Å²) in [5.41, 5.74) is 0.474. The molecule has 0 radical (unpaired) electrons. The summed E-state index contributed by atoms with van der Waals surface area (Å²) in [6.07, 6.45) is 0.465. The lowest BCUT2D eigenvalue weighted by molar-refractivity contribution is -0.145. The number of esters is 1. The van der Waals surface area contributed by atoms with Crippen molar-refractivity contribution in [2.45, 2.75) is 32.8 Å². The number of rotatable bonds is 5. The summed E-state index contributed by atoms with van der Waals surface area (Å²) in [6, 6.07) is 5.41. The summed E-state index contributed by atoms with van der Waals surface area (Å²) in [4.78, 5) is 22.3. The van der Waals surface area contributed by atoms with Gasteiger partial charge in [0.1, 0.15) is 5.82 Å². The average molecular weight is 238 g/mol. The van der Waals surface area contributed by atoms with Gasteiger partial charge in [0.05, 0.1) is 6.10 Å². The Morgan fingerprint density at radius 3 is 2.41 bits per heavy atom. The molecule has 0 aromatic heterocycles. The summed E-state index contributed by atoms with van der Waals surface area (Å²) in [5, 5.41) is 0. The third-order valence-corrected chi connectivity index (χ3v) is 2.31. The zero-order valence-corrected chi connectivity index (χ0v) is 9.90. The first kappa shape index (κ1) is 13.4. The smallest absolute Gasteiger partial charge is 0.302 e. The molecule has 3 nitrogen and oxygen atoms in total. The van der Waals surface area contributed by atoms with E-state index in [9.17, 15) is 14.0 Å². The summed E-state index contributed by atoms with van der Waals surface area (Å²) in [7, 11) is 0. The van der Waals surface area contributed by atoms with Gasteiger partial charge >= 0.3 is 5.97 Å². The molecule has 0 unspecified atom stereocenters. The van der Waals surface area contributed by atoms with Crippen molar-refractivity contribution in [1.29, 1.82) is 0 Å². The van der Waals surface area contributed by atoms with Gasteiger partial charge < -0.3 is 4.74 Å². The molecule has 1 atom stereocenters. The summed E-state index contributed by atoms with van der Waals surface area (Å²) >= 11 is 0. The molecule has 1 aromatic rings. The molecule has 0 amide bonds. The van der Waals surface area contributed by atoms with E-state index >= 15 is 0 Å². The van der Waals surface area contributed by atoms with E-state index in [1.54, 1.807) is 6.92 Å². The second-order valence-electron chi connectivity index (χ2n) is 3.89. The Kier molecular flexibility index (Phi) is 4.82. The SMILES string of the molecule is CC(=O)O[C@H](C)CCC(=O)c1ccc(F)cc1. The molecule has 0 saturated heterocycles. The van der Waals surface area contributed by atoms with Crippen LogP contribution in [0.3, 0.4) is 0 Å². The van der Waals surface area contributed by atoms with Crippen molar-refractivity contribution in [3.05, 3.63) is 35.6 Å². The summed E-state index contributed by atoms with van der Waals surface area (Å²) in [5.74, 6) is -0.800. The Balaban J connectivity index is 2.44. The Morgan fingerprint density at radius 2 is 1.88 bits per heavy atom. The van der Waals surface area contributed by atoms with Gasteiger partial charge in [-0.2, -0.15) is 0 Å². The lowest BCUT2D eigenvalue weighted by atomic mass is 10.1. The number of ether oxygens (including phenoxy) is 1. The van der Waals surface area contributed by atoms with Gasteiger partial charge in [-0.1, -0.05) is 0 Å². The van der Waals surface area contributed by atoms with E-state index in [1.165, 1.54) is 31.2 Å². The fourth-order valence-electron chi connectivity index (χ4n) is 1.46. The van der Waals surface area contributed by atoms with Gasteiger partial charge in [-0.05, 0) is 37.6 Å². The summed E-state index contributed by atoms with van der Waals surface area (Å²) in [6.45, 7) is 3.07. The zero-order chi connectivity index (χ0) is 12.8. The molecule has 0 aliphatic heterocycles. The lowest BCUT2D eigenvalue weighted by Crippen LogP contribution is -2.14. The van der Waals surface area contributed by atoms with Crippen molar-refractivity contribution >= 4 is 11.8 Å². The molecular weight excluding hydrogens is 223 g/mol. The molecule has 0 aliphatic carbocycles. The van der Waals surface area contributed by atoms with Crippen molar-refractivity contribution in [3.8, 4) is 0 Å². The van der Waals surface area contributed by atoms with Crippen LogP contribution in [-0.4, -0.2) is 17.9 Å². The van der Waals surface area contributed by atoms with Crippen LogP contribution in [0.4, 0.5) is 4.39 Å². The van der Waals surface area contributed by atoms with Crippen LogP contribution in [-0.2, 0) is 9.53 Å². The van der Waals surface area contributed by atoms with E-state index in [-0.39, 0.29) is 30.1 Å². The van der Waals surface area contributed by atoms with E-state index < -0.39 is 0 Å². The highest BCUT2D eigenvalue weighted by atomic mass is 19.1. The third kappa shape index (κ3) is 4.76. The summed E-state index contributed by atoms with van der Waals surface area (Å²) < 4.78 is 17.5. The van der Waals surface area contributed by atoms with Gasteiger partial charge in [0, 0.05) is 18.9 Å². The van der Waals surface area contributed by atoms with E-state index in [4.69, 9.17) is 4.74 Å². The van der Waals surface area contributed by atoms with Crippen LogP contribution in [0.25, 0.3) is 0 Å². The van der Waals surface area contributed by atoms with E-state index in [0.717, 1.165) is 0 Å². The number of ketones is 1. The minimum Gasteiger partial charge on any atom is -0.463 e. The third-order valence-electron chi connectivity index (χ3n) is 2.31. The van der Waals surface area contributed by atoms with Crippen LogP contribution in [0.5, 0.6) is 0 Å². The van der Waals surface area contributed by atoms with Gasteiger partial charge in [0.15, 0.2) is 5.78 Å². The van der Waals surface area contributed by atoms with Crippen molar-refractivity contribution in [2.24, 2.45) is 0 Å². The Bertz CT molecular complexity index is 398. The van der Waals surface area contributed by atoms with Crippen LogP contribution in [0, 0.1) is 5.82 Å². The molecule has 0 fully saturated rings. The van der Waals surface area contributed by atoms with Crippen LogP contribution in [0.2, 0.25) is 0 Å². The van der Waals surface area contributed by atoms with Crippen LogP contribution in [0.15, 0.2) is 24.3 Å². The maximum absolute atomic E-state index is 12.6. The second-order valence-corrected chi connectivity index (χ2v) is 3.89. The first-order chi connectivity index (χ1) is 7.99. The van der Waals surface area contributed by atoms with E-state index in [0.29, 0.717) is 12.0 Å². The molecule has 0 saturated carbocycles. The number of hydrogen-bond acceptors (Lipinski definition) is 3. The average Bonchev–Trinajstić information content (AvgIpc) is 2.26. The normalized spacial score (nSPS) is 11.9. The maximum Gasteiger partial charge on any atom is 0.302 e. The van der Waals surface area contributed by atoms with E-state index in [1.807, 2.05) is 0 Å². The van der Waals surface area contributed by atoms with Crippen LogP contribution >= 0.6 is 0 Å². The van der Waals surface area contributed by atoms with Gasteiger partial charge in [-0.15, -0.1) is 0 Å². The number of halogens is 1. The first-order valence-corrected chi connectivity index (χ1v) is 5.45. The maximum atomic E-state index is 12.6. The Hall–Kier alpha value is -1.71. The van der Waals surface area contributed by atoms with Gasteiger partial charge in [-0.3, -0.25) is 9.59 Å². The largest absolute Gasteiger partial charge is 0.463 e. The number of hydrogen-bond donors (Lipinski definition) is 0. The topological polar surface area (TPSA) is 43.4 Å². The Morgan fingerprint density at radius 1 is 1.29 bits per heavy atom. The molecule has 0 N–H and O–H groups in total. The minimum atomic E-state index is -0.366. The molecule has 1 rings (SSSR count). The first-order valence-electron chi connectivity index (χ1n) is 5.45. The molecule has 0 heterocycles. The molecule has 17 heavy (non-hydrogen) atoms. The highest BCUT2D eigenvalue weighted by Gasteiger charge is 2.10. The number of carbonyl (C=O) groups excluding carboxylic acids is 2. The van der Waals surface area contributed by atoms with Gasteiger partial charge in [-0.25, -0.2) is 4.39 Å². The standard InChI is InChI=1S/C13H15FO3/c1-9(17-10(2)15)3-8-13(16)11-4-6-12(14)7-5-11/h4-7,9H,3,8H2,1-2H3/t9-/m1/s1.